The number of primary amides is 1. The average molecular weight is 402 g/mol. The molecule has 2 amide bonds. The molecule has 1 unspecified atom stereocenters. The smallest absolute Gasteiger partial charge is 0.305 e. The van der Waals surface area contributed by atoms with E-state index in [1.807, 2.05) is 6.07 Å². The van der Waals surface area contributed by atoms with Gasteiger partial charge in [-0.25, -0.2) is 0 Å². The molecule has 1 atom stereocenters. The predicted octanol–water partition coefficient (Wildman–Crippen LogP) is 2.65. The zero-order valence-corrected chi connectivity index (χ0v) is 17.2. The lowest BCUT2D eigenvalue weighted by Gasteiger charge is -2.26. The molecule has 0 bridgehead atoms. The minimum atomic E-state index is -0.860. The molecule has 0 radical (unpaired) electrons. The Kier molecular flexibility index (Phi) is 6.77. The first-order chi connectivity index (χ1) is 13.9. The first-order valence-corrected chi connectivity index (χ1v) is 10.3. The van der Waals surface area contributed by atoms with Crippen molar-refractivity contribution in [3.8, 4) is 5.75 Å². The summed E-state index contributed by atoms with van der Waals surface area (Å²) in [5.74, 6) is 0.682. The number of nitrogens with two attached hydrogens (primary N) is 1. The molecule has 1 aromatic carbocycles. The predicted molar refractivity (Wildman–Crippen MR) is 107 cm³/mol. The lowest BCUT2D eigenvalue weighted by atomic mass is 9.83. The average Bonchev–Trinajstić information content (AvgIpc) is 3.04. The van der Waals surface area contributed by atoms with Crippen molar-refractivity contribution in [2.45, 2.75) is 58.0 Å². The molecular weight excluding hydrogens is 372 g/mol. The molecule has 0 aromatic heterocycles. The highest BCUT2D eigenvalue weighted by Crippen LogP contribution is 2.34. The Hall–Kier alpha value is -2.57. The van der Waals surface area contributed by atoms with Crippen LogP contribution in [0.2, 0.25) is 0 Å². The Bertz CT molecular complexity index is 770. The van der Waals surface area contributed by atoms with Gasteiger partial charge in [0.2, 0.25) is 5.91 Å². The second-order valence-electron chi connectivity index (χ2n) is 8.19. The van der Waals surface area contributed by atoms with Gasteiger partial charge in [0, 0.05) is 17.5 Å². The molecular formula is C22H30N2O5. The fraction of sp³-hybridized carbons (Fsp3) is 0.591. The van der Waals surface area contributed by atoms with Crippen molar-refractivity contribution < 1.29 is 23.9 Å². The van der Waals surface area contributed by atoms with Crippen LogP contribution in [-0.4, -0.2) is 42.4 Å². The number of ether oxygens (including phenoxy) is 2. The lowest BCUT2D eigenvalue weighted by molar-refractivity contribution is -0.141. The van der Waals surface area contributed by atoms with Crippen LogP contribution in [0.5, 0.6) is 5.75 Å². The van der Waals surface area contributed by atoms with E-state index in [0.29, 0.717) is 23.8 Å². The van der Waals surface area contributed by atoms with Crippen LogP contribution in [0.3, 0.4) is 0 Å². The van der Waals surface area contributed by atoms with Gasteiger partial charge in [0.25, 0.3) is 5.91 Å². The van der Waals surface area contributed by atoms with Crippen molar-refractivity contribution in [3.05, 3.63) is 29.3 Å². The molecule has 1 heterocycles. The van der Waals surface area contributed by atoms with Crippen LogP contribution in [0.1, 0.15) is 61.4 Å². The van der Waals surface area contributed by atoms with Crippen LogP contribution in [0.15, 0.2) is 18.2 Å². The van der Waals surface area contributed by atoms with Crippen molar-refractivity contribution in [3.63, 3.8) is 0 Å². The third kappa shape index (κ3) is 4.89. The topological polar surface area (TPSA) is 98.9 Å². The van der Waals surface area contributed by atoms with Crippen molar-refractivity contribution in [1.82, 2.24) is 4.90 Å². The van der Waals surface area contributed by atoms with Crippen molar-refractivity contribution >= 4 is 17.8 Å². The van der Waals surface area contributed by atoms with E-state index in [1.54, 1.807) is 12.1 Å². The van der Waals surface area contributed by atoms with Gasteiger partial charge >= 0.3 is 5.97 Å². The summed E-state index contributed by atoms with van der Waals surface area (Å²) in [7, 11) is 1.29. The first-order valence-electron chi connectivity index (χ1n) is 10.3. The van der Waals surface area contributed by atoms with Gasteiger partial charge in [-0.05, 0) is 43.2 Å². The van der Waals surface area contributed by atoms with E-state index in [9.17, 15) is 14.4 Å². The Balaban J connectivity index is 1.69. The molecule has 1 saturated carbocycles. The molecule has 1 fully saturated rings. The summed E-state index contributed by atoms with van der Waals surface area (Å²) in [5.41, 5.74) is 6.85. The fourth-order valence-electron chi connectivity index (χ4n) is 4.22. The molecule has 3 rings (SSSR count). The number of amides is 2. The monoisotopic (exact) mass is 402 g/mol. The number of methoxy groups -OCH3 is 1. The fourth-order valence-corrected chi connectivity index (χ4v) is 4.22. The van der Waals surface area contributed by atoms with E-state index in [1.165, 1.54) is 37.7 Å². The van der Waals surface area contributed by atoms with Crippen LogP contribution in [0.4, 0.5) is 0 Å². The number of hydrogen-bond donors (Lipinski definition) is 1. The number of hydrogen-bond acceptors (Lipinski definition) is 5. The molecule has 0 saturated heterocycles. The number of rotatable bonds is 8. The van der Waals surface area contributed by atoms with E-state index >= 15 is 0 Å². The quantitative estimate of drug-likeness (QED) is 0.674. The summed E-state index contributed by atoms with van der Waals surface area (Å²) in [4.78, 5) is 37.8. The van der Waals surface area contributed by atoms with Crippen molar-refractivity contribution in [2.75, 3.05) is 13.7 Å². The maximum absolute atomic E-state index is 12.9. The number of benzene rings is 1. The van der Waals surface area contributed by atoms with Crippen molar-refractivity contribution in [1.29, 1.82) is 0 Å². The summed E-state index contributed by atoms with van der Waals surface area (Å²) in [6, 6.07) is 4.55. The third-order valence-corrected chi connectivity index (χ3v) is 6.12. The minimum absolute atomic E-state index is 0.0215. The van der Waals surface area contributed by atoms with E-state index in [2.05, 4.69) is 11.7 Å². The summed E-state index contributed by atoms with van der Waals surface area (Å²) in [5, 5.41) is 0. The van der Waals surface area contributed by atoms with Gasteiger partial charge in [-0.2, -0.15) is 0 Å². The summed E-state index contributed by atoms with van der Waals surface area (Å²) < 4.78 is 10.7. The number of fused-ring (bicyclic) bond motifs is 1. The molecule has 2 N–H and O–H groups in total. The van der Waals surface area contributed by atoms with Gasteiger partial charge in [-0.3, -0.25) is 14.4 Å². The molecule has 2 aliphatic rings. The van der Waals surface area contributed by atoms with Gasteiger partial charge in [0.15, 0.2) is 0 Å². The molecule has 29 heavy (non-hydrogen) atoms. The number of nitrogens with zero attached hydrogens (tertiary/aromatic N) is 1. The van der Waals surface area contributed by atoms with Crippen LogP contribution in [0.25, 0.3) is 0 Å². The van der Waals surface area contributed by atoms with E-state index in [-0.39, 0.29) is 25.3 Å². The van der Waals surface area contributed by atoms with E-state index in [4.69, 9.17) is 10.5 Å². The highest BCUT2D eigenvalue weighted by molar-refractivity contribution is 6.01. The van der Waals surface area contributed by atoms with Crippen LogP contribution in [0, 0.1) is 11.8 Å². The maximum Gasteiger partial charge on any atom is 0.305 e. The normalized spacial score (nSPS) is 22.1. The number of carbonyl (C=O) groups is 3. The second kappa shape index (κ2) is 9.29. The number of esters is 1. The molecule has 1 aliphatic heterocycles. The van der Waals surface area contributed by atoms with E-state index < -0.39 is 17.9 Å². The molecule has 158 valence electrons. The molecule has 1 aromatic rings. The zero-order valence-electron chi connectivity index (χ0n) is 17.2. The Morgan fingerprint density at radius 1 is 1.24 bits per heavy atom. The Labute approximate surface area is 171 Å². The summed E-state index contributed by atoms with van der Waals surface area (Å²) in [6.07, 6.45) is 4.95. The Morgan fingerprint density at radius 3 is 2.62 bits per heavy atom. The summed E-state index contributed by atoms with van der Waals surface area (Å²) in [6.45, 7) is 3.18. The highest BCUT2D eigenvalue weighted by atomic mass is 16.5. The van der Waals surface area contributed by atoms with Gasteiger partial charge in [-0.1, -0.05) is 25.8 Å². The minimum Gasteiger partial charge on any atom is -0.493 e. The summed E-state index contributed by atoms with van der Waals surface area (Å²) >= 11 is 0. The number of carbonyl (C=O) groups excluding carboxylic acids is 3. The van der Waals surface area contributed by atoms with Gasteiger partial charge in [-0.15, -0.1) is 0 Å². The van der Waals surface area contributed by atoms with Crippen LogP contribution in [-0.2, 0) is 20.9 Å². The lowest BCUT2D eigenvalue weighted by Crippen LogP contribution is -2.45. The molecule has 1 aliphatic carbocycles. The largest absolute Gasteiger partial charge is 0.493 e. The Morgan fingerprint density at radius 2 is 1.97 bits per heavy atom. The van der Waals surface area contributed by atoms with Crippen LogP contribution < -0.4 is 10.5 Å². The van der Waals surface area contributed by atoms with Gasteiger partial charge in [0.1, 0.15) is 11.8 Å². The standard InChI is InChI=1S/C22H30N2O5/c1-14-6-8-15(9-7-14)13-29-19-5-3-4-16-17(19)12-24(22(16)27)18(21(23)26)10-11-20(25)28-2/h3-5,14-15,18H,6-13H2,1-2H3,(H2,23,26). The van der Waals surface area contributed by atoms with Crippen LogP contribution >= 0.6 is 0 Å². The SMILES string of the molecule is COC(=O)CCC(C(N)=O)N1Cc2c(OCC3CCC(C)CC3)cccc2C1=O. The van der Waals surface area contributed by atoms with E-state index in [0.717, 1.165) is 11.5 Å². The van der Waals surface area contributed by atoms with Gasteiger partial charge in [0.05, 0.1) is 20.3 Å². The maximum atomic E-state index is 12.9. The molecule has 7 heteroatoms. The zero-order chi connectivity index (χ0) is 21.0. The second-order valence-corrected chi connectivity index (χ2v) is 8.19. The highest BCUT2D eigenvalue weighted by Gasteiger charge is 2.37. The molecule has 0 spiro atoms. The first kappa shape index (κ1) is 21.1. The third-order valence-electron chi connectivity index (χ3n) is 6.12. The molecule has 7 nitrogen and oxygen atoms in total. The van der Waals surface area contributed by atoms with Gasteiger partial charge < -0.3 is 20.1 Å². The van der Waals surface area contributed by atoms with Crippen molar-refractivity contribution in [2.24, 2.45) is 17.6 Å².